The Labute approximate surface area is 281 Å². The van der Waals surface area contributed by atoms with Crippen LogP contribution in [0.15, 0.2) is 90.0 Å². The van der Waals surface area contributed by atoms with E-state index in [1.165, 1.54) is 11.0 Å². The third-order valence-electron chi connectivity index (χ3n) is 10.0. The molecule has 4 atom stereocenters. The number of hydrogen-bond donors (Lipinski definition) is 3. The van der Waals surface area contributed by atoms with Gasteiger partial charge in [0.05, 0.1) is 29.6 Å². The van der Waals surface area contributed by atoms with E-state index in [1.54, 1.807) is 12.1 Å². The Hall–Kier alpha value is -3.91. The number of aliphatic hydroxyl groups is 2. The lowest BCUT2D eigenvalue weighted by Crippen LogP contribution is -2.42. The quantitative estimate of drug-likeness (QED) is 0.116. The normalized spacial score (nSPS) is 22.8. The lowest BCUT2D eigenvalue weighted by Gasteiger charge is -2.36. The summed E-state index contributed by atoms with van der Waals surface area (Å²) in [5.74, 6) is -1.62. The molecule has 6 rings (SSSR count). The van der Waals surface area contributed by atoms with E-state index in [0.717, 1.165) is 54.4 Å². The van der Waals surface area contributed by atoms with Crippen LogP contribution in [0.3, 0.4) is 0 Å². The zero-order valence-corrected chi connectivity index (χ0v) is 27.2. The minimum absolute atomic E-state index is 0.0775. The number of para-hydroxylation sites is 1. The molecule has 7 nitrogen and oxygen atoms in total. The van der Waals surface area contributed by atoms with Gasteiger partial charge in [0.1, 0.15) is 18.1 Å². The molecule has 1 saturated carbocycles. The van der Waals surface area contributed by atoms with E-state index in [9.17, 15) is 24.9 Å². The van der Waals surface area contributed by atoms with Crippen molar-refractivity contribution < 1.29 is 29.6 Å². The fraction of sp³-hybridized carbons (Fsp3) is 0.385. The summed E-state index contributed by atoms with van der Waals surface area (Å²) in [5, 5.41) is 33.1. The molecule has 8 heteroatoms. The summed E-state index contributed by atoms with van der Waals surface area (Å²) in [6.07, 6.45) is 6.76. The van der Waals surface area contributed by atoms with Gasteiger partial charge in [0.2, 0.25) is 11.8 Å². The molecule has 1 aliphatic heterocycles. The van der Waals surface area contributed by atoms with E-state index in [2.05, 4.69) is 0 Å². The van der Waals surface area contributed by atoms with Gasteiger partial charge in [0.15, 0.2) is 0 Å². The summed E-state index contributed by atoms with van der Waals surface area (Å²) in [7, 11) is 0. The van der Waals surface area contributed by atoms with E-state index in [4.69, 9.17) is 16.3 Å². The molecule has 0 aromatic heterocycles. The lowest BCUT2D eigenvalue weighted by atomic mass is 9.68. The molecule has 0 unspecified atom stereocenters. The second-order valence-corrected chi connectivity index (χ2v) is 13.3. The third kappa shape index (κ3) is 7.18. The highest BCUT2D eigenvalue weighted by Crippen LogP contribution is 2.48. The Kier molecular flexibility index (Phi) is 10.5. The van der Waals surface area contributed by atoms with Crippen LogP contribution in [-0.2, 0) is 9.59 Å². The molecule has 2 amide bonds. The Bertz CT molecular complexity index is 1630. The van der Waals surface area contributed by atoms with Crippen LogP contribution in [0.1, 0.15) is 62.5 Å². The maximum Gasteiger partial charge on any atom is 0.234 e. The Morgan fingerprint density at radius 1 is 0.957 bits per heavy atom. The number of rotatable bonds is 11. The molecule has 47 heavy (non-hydrogen) atoms. The summed E-state index contributed by atoms with van der Waals surface area (Å²) in [6, 6.07) is 23.9. The third-order valence-corrected chi connectivity index (χ3v) is 10.3. The van der Waals surface area contributed by atoms with Gasteiger partial charge in [0, 0.05) is 12.0 Å². The summed E-state index contributed by atoms with van der Waals surface area (Å²) < 4.78 is 6.16. The van der Waals surface area contributed by atoms with E-state index >= 15 is 0 Å². The number of likely N-dealkylation sites (tertiary alicyclic amines) is 1. The number of phenols is 1. The summed E-state index contributed by atoms with van der Waals surface area (Å²) in [5.41, 5.74) is 4.00. The van der Waals surface area contributed by atoms with Crippen molar-refractivity contribution in [1.29, 1.82) is 0 Å². The number of benzene rings is 3. The second kappa shape index (κ2) is 14.9. The van der Waals surface area contributed by atoms with Gasteiger partial charge in [-0.1, -0.05) is 79.4 Å². The van der Waals surface area contributed by atoms with E-state index in [1.807, 2.05) is 66.7 Å². The van der Waals surface area contributed by atoms with Crippen molar-refractivity contribution in [1.82, 2.24) is 4.90 Å². The molecule has 3 N–H and O–H groups in total. The Morgan fingerprint density at radius 3 is 2.34 bits per heavy atom. The molecule has 0 radical (unpaired) electrons. The average molecular weight is 656 g/mol. The minimum Gasteiger partial charge on any atom is -0.508 e. The average Bonchev–Trinajstić information content (AvgIpc) is 3.35. The van der Waals surface area contributed by atoms with Crippen molar-refractivity contribution in [2.75, 3.05) is 13.2 Å². The number of imide groups is 1. The SMILES string of the molecule is O=C1[C@@H]2[C@@H](CC(COc3ccccc3)=C([C@H](O)CC/C(=C/c3ccc(O)cc3Cl)c3ccccc3)[C@@H]2CO)C(=O)N1C1CCCCC1. The van der Waals surface area contributed by atoms with E-state index < -0.39 is 23.9 Å². The number of phenolic OH excluding ortho intramolecular Hbond substituents is 1. The first-order valence-corrected chi connectivity index (χ1v) is 17.0. The molecule has 0 bridgehead atoms. The number of amides is 2. The van der Waals surface area contributed by atoms with Crippen molar-refractivity contribution in [3.05, 3.63) is 106 Å². The van der Waals surface area contributed by atoms with Crippen LogP contribution in [0.4, 0.5) is 0 Å². The molecular formula is C39H42ClNO6. The van der Waals surface area contributed by atoms with Gasteiger partial charge in [-0.3, -0.25) is 14.5 Å². The number of carbonyl (C=O) groups excluding carboxylic acids is 2. The van der Waals surface area contributed by atoms with E-state index in [0.29, 0.717) is 35.6 Å². The summed E-state index contributed by atoms with van der Waals surface area (Å²) in [6.45, 7) is -0.212. The summed E-state index contributed by atoms with van der Waals surface area (Å²) >= 11 is 6.47. The highest BCUT2D eigenvalue weighted by Gasteiger charge is 2.56. The highest BCUT2D eigenvalue weighted by molar-refractivity contribution is 6.32. The molecule has 3 aromatic carbocycles. The number of carbonyl (C=O) groups is 2. The smallest absolute Gasteiger partial charge is 0.234 e. The Balaban J connectivity index is 1.32. The van der Waals surface area contributed by atoms with Crippen molar-refractivity contribution in [3.8, 4) is 11.5 Å². The largest absolute Gasteiger partial charge is 0.508 e. The first-order valence-electron chi connectivity index (χ1n) is 16.7. The maximum atomic E-state index is 14.0. The number of aromatic hydroxyl groups is 1. The lowest BCUT2D eigenvalue weighted by molar-refractivity contribution is -0.143. The molecule has 246 valence electrons. The minimum atomic E-state index is -0.989. The topological polar surface area (TPSA) is 107 Å². The van der Waals surface area contributed by atoms with Gasteiger partial charge in [-0.15, -0.1) is 0 Å². The van der Waals surface area contributed by atoms with Gasteiger partial charge >= 0.3 is 0 Å². The van der Waals surface area contributed by atoms with Gasteiger partial charge in [0.25, 0.3) is 0 Å². The molecule has 2 aliphatic carbocycles. The van der Waals surface area contributed by atoms with Crippen LogP contribution < -0.4 is 4.74 Å². The number of aliphatic hydroxyl groups excluding tert-OH is 2. The van der Waals surface area contributed by atoms with Crippen LogP contribution >= 0.6 is 11.6 Å². The van der Waals surface area contributed by atoms with Gasteiger partial charge in [-0.2, -0.15) is 0 Å². The number of nitrogens with zero attached hydrogens (tertiary/aromatic N) is 1. The fourth-order valence-electron chi connectivity index (χ4n) is 7.72. The maximum absolute atomic E-state index is 14.0. The highest BCUT2D eigenvalue weighted by atomic mass is 35.5. The van der Waals surface area contributed by atoms with Crippen molar-refractivity contribution >= 4 is 35.1 Å². The molecule has 0 spiro atoms. The molecule has 3 aromatic rings. The summed E-state index contributed by atoms with van der Waals surface area (Å²) in [4.78, 5) is 29.4. The van der Waals surface area contributed by atoms with Crippen molar-refractivity contribution in [2.24, 2.45) is 17.8 Å². The predicted molar refractivity (Wildman–Crippen MR) is 183 cm³/mol. The van der Waals surface area contributed by atoms with Crippen LogP contribution in [0.2, 0.25) is 5.02 Å². The number of ether oxygens (including phenoxy) is 1. The number of halogens is 1. The number of fused-ring (bicyclic) bond motifs is 1. The van der Waals surface area contributed by atoms with Crippen molar-refractivity contribution in [2.45, 2.75) is 63.5 Å². The number of hydrogen-bond acceptors (Lipinski definition) is 6. The zero-order valence-electron chi connectivity index (χ0n) is 26.4. The van der Waals surface area contributed by atoms with Crippen LogP contribution in [-0.4, -0.2) is 57.4 Å². The molecule has 3 aliphatic rings. The van der Waals surface area contributed by atoms with Crippen LogP contribution in [0.25, 0.3) is 11.6 Å². The van der Waals surface area contributed by atoms with Gasteiger partial charge in [-0.25, -0.2) is 0 Å². The second-order valence-electron chi connectivity index (χ2n) is 12.9. The Morgan fingerprint density at radius 2 is 1.66 bits per heavy atom. The molecule has 1 saturated heterocycles. The van der Waals surface area contributed by atoms with Crippen LogP contribution in [0, 0.1) is 17.8 Å². The van der Waals surface area contributed by atoms with Crippen LogP contribution in [0.5, 0.6) is 11.5 Å². The predicted octanol–water partition coefficient (Wildman–Crippen LogP) is 7.05. The fourth-order valence-corrected chi connectivity index (χ4v) is 7.95. The first-order chi connectivity index (χ1) is 22.9. The monoisotopic (exact) mass is 655 g/mol. The molecule has 1 heterocycles. The molecule has 2 fully saturated rings. The van der Waals surface area contributed by atoms with Crippen molar-refractivity contribution in [3.63, 3.8) is 0 Å². The standard InChI is InChI=1S/C39H42ClNO6/c40-34-22-30(43)18-16-27(34)20-26(25-10-4-1-5-11-25)17-19-35(44)36-28(24-47-31-14-8-3-9-15-31)21-32-37(33(36)23-42)39(46)41(38(32)45)29-12-6-2-7-13-29/h1,3-5,8-11,14-16,18,20,22,29,32-33,35,37,42-44H,2,6-7,12-13,17,19,21,23-24H2/b26-20-/t32-,33+,35-,37-/m1/s1. The van der Waals surface area contributed by atoms with Gasteiger partial charge in [-0.05, 0) is 96.4 Å². The first kappa shape index (κ1) is 33.0. The zero-order chi connectivity index (χ0) is 32.9. The van der Waals surface area contributed by atoms with Gasteiger partial charge < -0.3 is 20.1 Å². The number of allylic oxidation sites excluding steroid dienone is 1. The molecular weight excluding hydrogens is 614 g/mol. The van der Waals surface area contributed by atoms with E-state index in [-0.39, 0.29) is 36.8 Å².